The van der Waals surface area contributed by atoms with Crippen molar-refractivity contribution >= 4 is 0 Å². The van der Waals surface area contributed by atoms with E-state index in [0.717, 1.165) is 18.9 Å². The zero-order valence-corrected chi connectivity index (χ0v) is 10.7. The van der Waals surface area contributed by atoms with Crippen LogP contribution in [-0.4, -0.2) is 18.6 Å². The molecule has 0 aliphatic heterocycles. The molecule has 1 heterocycles. The minimum atomic E-state index is 0.329. The minimum absolute atomic E-state index is 0.329. The quantitative estimate of drug-likeness (QED) is 0.803. The van der Waals surface area contributed by atoms with E-state index in [1.165, 1.54) is 5.56 Å². The van der Waals surface area contributed by atoms with Crippen LogP contribution in [0.15, 0.2) is 18.3 Å². The Bertz CT molecular complexity index is 313. The van der Waals surface area contributed by atoms with Crippen molar-refractivity contribution in [1.82, 2.24) is 10.3 Å². The van der Waals surface area contributed by atoms with Crippen LogP contribution < -0.4 is 10.1 Å². The van der Waals surface area contributed by atoms with E-state index >= 15 is 0 Å². The number of aromatic nitrogens is 1. The molecule has 1 atom stereocenters. The molecule has 0 aromatic carbocycles. The van der Waals surface area contributed by atoms with Gasteiger partial charge in [0.15, 0.2) is 0 Å². The first-order chi connectivity index (χ1) is 7.63. The van der Waals surface area contributed by atoms with Crippen LogP contribution in [-0.2, 0) is 0 Å². The van der Waals surface area contributed by atoms with Gasteiger partial charge in [0.05, 0.1) is 6.61 Å². The van der Waals surface area contributed by atoms with E-state index in [2.05, 4.69) is 31.1 Å². The molecular weight excluding hydrogens is 200 g/mol. The van der Waals surface area contributed by atoms with Gasteiger partial charge in [0.1, 0.15) is 0 Å². The van der Waals surface area contributed by atoms with Crippen LogP contribution in [0.25, 0.3) is 0 Å². The summed E-state index contributed by atoms with van der Waals surface area (Å²) in [5, 5.41) is 3.20. The van der Waals surface area contributed by atoms with Crippen LogP contribution in [0.2, 0.25) is 0 Å². The minimum Gasteiger partial charge on any atom is -0.478 e. The highest BCUT2D eigenvalue weighted by Gasteiger charge is 2.04. The molecule has 3 heteroatoms. The second-order valence-corrected chi connectivity index (χ2v) is 4.47. The molecule has 0 aliphatic rings. The summed E-state index contributed by atoms with van der Waals surface area (Å²) in [5.74, 6) is 1.39. The lowest BCUT2D eigenvalue weighted by Crippen LogP contribution is -2.12. The zero-order chi connectivity index (χ0) is 12.0. The molecule has 0 spiro atoms. The fourth-order valence-electron chi connectivity index (χ4n) is 1.34. The molecule has 90 valence electrons. The molecule has 0 radical (unpaired) electrons. The summed E-state index contributed by atoms with van der Waals surface area (Å²) in [4.78, 5) is 4.20. The largest absolute Gasteiger partial charge is 0.478 e. The molecule has 16 heavy (non-hydrogen) atoms. The van der Waals surface area contributed by atoms with Crippen LogP contribution in [0.4, 0.5) is 0 Å². The number of ether oxygens (including phenoxy) is 1. The lowest BCUT2D eigenvalue weighted by atomic mass is 10.1. The lowest BCUT2D eigenvalue weighted by molar-refractivity contribution is 0.279. The molecule has 1 unspecified atom stereocenters. The van der Waals surface area contributed by atoms with Gasteiger partial charge < -0.3 is 10.1 Å². The maximum Gasteiger partial charge on any atom is 0.213 e. The first kappa shape index (κ1) is 13.0. The smallest absolute Gasteiger partial charge is 0.213 e. The van der Waals surface area contributed by atoms with Crippen molar-refractivity contribution in [1.29, 1.82) is 0 Å². The maximum atomic E-state index is 5.61. The predicted molar refractivity (Wildman–Crippen MR) is 66.7 cm³/mol. The summed E-state index contributed by atoms with van der Waals surface area (Å²) in [6, 6.07) is 4.34. The van der Waals surface area contributed by atoms with E-state index < -0.39 is 0 Å². The highest BCUT2D eigenvalue weighted by atomic mass is 16.5. The van der Waals surface area contributed by atoms with Crippen LogP contribution in [0.5, 0.6) is 5.88 Å². The van der Waals surface area contributed by atoms with E-state index in [1.807, 2.05) is 19.2 Å². The standard InChI is InChI=1S/C13H22N2O/c1-10(2)6-8-16-13-9-12(5-7-15-13)11(3)14-4/h5,7,9-11,14H,6,8H2,1-4H3. The third-order valence-corrected chi connectivity index (χ3v) is 2.64. The zero-order valence-electron chi connectivity index (χ0n) is 10.7. The highest BCUT2D eigenvalue weighted by Crippen LogP contribution is 2.16. The van der Waals surface area contributed by atoms with Gasteiger partial charge in [-0.3, -0.25) is 0 Å². The molecule has 1 aromatic heterocycles. The van der Waals surface area contributed by atoms with Gasteiger partial charge in [-0.2, -0.15) is 0 Å². The first-order valence-corrected chi connectivity index (χ1v) is 5.89. The number of nitrogens with one attached hydrogen (secondary N) is 1. The lowest BCUT2D eigenvalue weighted by Gasteiger charge is -2.12. The van der Waals surface area contributed by atoms with Gasteiger partial charge in [-0.25, -0.2) is 4.98 Å². The molecule has 0 amide bonds. The third-order valence-electron chi connectivity index (χ3n) is 2.64. The van der Waals surface area contributed by atoms with E-state index in [4.69, 9.17) is 4.74 Å². The summed E-state index contributed by atoms with van der Waals surface area (Å²) in [6.45, 7) is 7.24. The van der Waals surface area contributed by atoms with Gasteiger partial charge in [0, 0.05) is 18.3 Å². The van der Waals surface area contributed by atoms with Crippen molar-refractivity contribution in [3.63, 3.8) is 0 Å². The SMILES string of the molecule is CNC(C)c1ccnc(OCCC(C)C)c1. The van der Waals surface area contributed by atoms with Crippen molar-refractivity contribution in [2.24, 2.45) is 5.92 Å². The van der Waals surface area contributed by atoms with E-state index in [-0.39, 0.29) is 0 Å². The average Bonchev–Trinajstić information content (AvgIpc) is 2.28. The Labute approximate surface area is 98.2 Å². The Morgan fingerprint density at radius 3 is 2.75 bits per heavy atom. The molecular formula is C13H22N2O. The van der Waals surface area contributed by atoms with Crippen LogP contribution in [0.3, 0.4) is 0 Å². The third kappa shape index (κ3) is 4.19. The summed E-state index contributed by atoms with van der Waals surface area (Å²) < 4.78 is 5.61. The second-order valence-electron chi connectivity index (χ2n) is 4.47. The van der Waals surface area contributed by atoms with Crippen molar-refractivity contribution in [3.8, 4) is 5.88 Å². The van der Waals surface area contributed by atoms with Crippen molar-refractivity contribution in [2.45, 2.75) is 33.2 Å². The molecule has 1 rings (SSSR count). The molecule has 0 saturated carbocycles. The molecule has 1 N–H and O–H groups in total. The summed E-state index contributed by atoms with van der Waals surface area (Å²) in [7, 11) is 1.95. The topological polar surface area (TPSA) is 34.2 Å². The Kier molecular flexibility index (Phi) is 5.26. The molecule has 0 aliphatic carbocycles. The Morgan fingerprint density at radius 2 is 2.12 bits per heavy atom. The Hall–Kier alpha value is -1.09. The number of rotatable bonds is 6. The summed E-state index contributed by atoms with van der Waals surface area (Å²) in [5.41, 5.74) is 1.21. The first-order valence-electron chi connectivity index (χ1n) is 5.89. The van der Waals surface area contributed by atoms with Gasteiger partial charge in [-0.05, 0) is 37.9 Å². The molecule has 0 saturated heterocycles. The van der Waals surface area contributed by atoms with E-state index in [0.29, 0.717) is 12.0 Å². The van der Waals surface area contributed by atoms with Gasteiger partial charge >= 0.3 is 0 Å². The Morgan fingerprint density at radius 1 is 1.38 bits per heavy atom. The van der Waals surface area contributed by atoms with Gasteiger partial charge in [0.2, 0.25) is 5.88 Å². The molecule has 3 nitrogen and oxygen atoms in total. The summed E-state index contributed by atoms with van der Waals surface area (Å²) in [6.07, 6.45) is 2.86. The average molecular weight is 222 g/mol. The molecule has 0 bridgehead atoms. The normalized spacial score (nSPS) is 12.8. The molecule has 0 fully saturated rings. The number of nitrogens with zero attached hydrogens (tertiary/aromatic N) is 1. The van der Waals surface area contributed by atoms with E-state index in [1.54, 1.807) is 6.20 Å². The Balaban J connectivity index is 2.54. The van der Waals surface area contributed by atoms with Crippen LogP contribution >= 0.6 is 0 Å². The van der Waals surface area contributed by atoms with Gasteiger partial charge in [0.25, 0.3) is 0 Å². The highest BCUT2D eigenvalue weighted by molar-refractivity contribution is 5.23. The fraction of sp³-hybridized carbons (Fsp3) is 0.615. The van der Waals surface area contributed by atoms with Crippen molar-refractivity contribution in [3.05, 3.63) is 23.9 Å². The van der Waals surface area contributed by atoms with Crippen molar-refractivity contribution < 1.29 is 4.74 Å². The van der Waals surface area contributed by atoms with Gasteiger partial charge in [-0.1, -0.05) is 13.8 Å². The van der Waals surface area contributed by atoms with Gasteiger partial charge in [-0.15, -0.1) is 0 Å². The monoisotopic (exact) mass is 222 g/mol. The number of hydrogen-bond acceptors (Lipinski definition) is 3. The number of hydrogen-bond donors (Lipinski definition) is 1. The van der Waals surface area contributed by atoms with Crippen molar-refractivity contribution in [2.75, 3.05) is 13.7 Å². The number of pyridine rings is 1. The predicted octanol–water partition coefficient (Wildman–Crippen LogP) is 2.79. The van der Waals surface area contributed by atoms with E-state index in [9.17, 15) is 0 Å². The summed E-state index contributed by atoms with van der Waals surface area (Å²) >= 11 is 0. The van der Waals surface area contributed by atoms with Crippen LogP contribution in [0.1, 0.15) is 38.8 Å². The van der Waals surface area contributed by atoms with Crippen LogP contribution in [0, 0.1) is 5.92 Å². The fourth-order valence-corrected chi connectivity index (χ4v) is 1.34. The maximum absolute atomic E-state index is 5.61. The second kappa shape index (κ2) is 6.48. The molecule has 1 aromatic rings.